The van der Waals surface area contributed by atoms with Crippen molar-refractivity contribution < 1.29 is 30.3 Å². The van der Waals surface area contributed by atoms with Crippen LogP contribution >= 0.6 is 0 Å². The minimum Gasteiger partial charge on any atom is -0.481 e. The van der Waals surface area contributed by atoms with Crippen LogP contribution in [-0.2, 0) is 24.1 Å². The predicted molar refractivity (Wildman–Crippen MR) is 152 cm³/mol. The highest BCUT2D eigenvalue weighted by Crippen LogP contribution is 2.28. The lowest BCUT2D eigenvalue weighted by atomic mass is 10.0. The number of aliphatic carboxylic acids is 1. The Bertz CT molecular complexity index is 1320. The van der Waals surface area contributed by atoms with Gasteiger partial charge in [-0.3, -0.25) is 4.79 Å². The maximum Gasteiger partial charge on any atom is 0.303 e. The fraction of sp³-hybridized carbons (Fsp3) is 0.323. The van der Waals surface area contributed by atoms with Gasteiger partial charge in [-0.1, -0.05) is 48.5 Å². The number of aryl methyl sites for hydroxylation is 3. The van der Waals surface area contributed by atoms with Crippen molar-refractivity contribution in [2.75, 3.05) is 19.8 Å². The summed E-state index contributed by atoms with van der Waals surface area (Å²) < 4.78 is 2.18. The van der Waals surface area contributed by atoms with E-state index in [1.54, 1.807) is 6.92 Å². The highest BCUT2D eigenvalue weighted by molar-refractivity contribution is 5.86. The van der Waals surface area contributed by atoms with E-state index < -0.39 is 37.4 Å². The molecule has 3 aromatic carbocycles. The van der Waals surface area contributed by atoms with Gasteiger partial charge in [0.2, 0.25) is 0 Å². The first kappa shape index (κ1) is 30.0. The quantitative estimate of drug-likeness (QED) is 0.173. The first-order chi connectivity index (χ1) is 18.7. The van der Waals surface area contributed by atoms with Gasteiger partial charge in [-0.15, -0.1) is 0 Å². The van der Waals surface area contributed by atoms with Crippen LogP contribution in [0.15, 0.2) is 79.0 Å². The number of hydrogen-bond acceptors (Lipinski definition) is 6. The molecule has 0 aliphatic heterocycles. The molecule has 0 fully saturated rings. The number of nitrogens with zero attached hydrogens (tertiary/aromatic N) is 1. The molecule has 4 aromatic rings. The Morgan fingerprint density at radius 2 is 1.51 bits per heavy atom. The molecule has 7 N–H and O–H groups in total. The molecule has 208 valence electrons. The third-order valence-electron chi connectivity index (χ3n) is 6.70. The third-order valence-corrected chi connectivity index (χ3v) is 6.70. The predicted octanol–water partition coefficient (Wildman–Crippen LogP) is 3.15. The van der Waals surface area contributed by atoms with Crippen molar-refractivity contribution >= 4 is 16.9 Å². The van der Waals surface area contributed by atoms with Crippen molar-refractivity contribution in [3.63, 3.8) is 0 Å². The molecule has 1 aromatic heterocycles. The smallest absolute Gasteiger partial charge is 0.303 e. The van der Waals surface area contributed by atoms with Crippen LogP contribution in [0.5, 0.6) is 0 Å². The molecule has 1 atom stereocenters. The molecular weight excluding hydrogens is 496 g/mol. The van der Waals surface area contributed by atoms with Gasteiger partial charge in [0.25, 0.3) is 0 Å². The minimum atomic E-state index is -1.21. The standard InChI is InChI=1S/C27H27NO3.C4H11NO3/c1-19(29)22-11-13-24(14-12-22)28-18-23(10-7-20-5-3-2-4-6-20)25-17-21(8-15-26(25)28)9-16-27(30)31;5-4(1-6,2-7)3-8/h2-6,8,11-15,17-19,29H,7,9-10,16H2,1H3,(H,30,31);6-8H,1-3,5H2. The Labute approximate surface area is 228 Å². The summed E-state index contributed by atoms with van der Waals surface area (Å²) in [6.45, 7) is 0.556. The molecule has 8 nitrogen and oxygen atoms in total. The first-order valence-electron chi connectivity index (χ1n) is 13.0. The van der Waals surface area contributed by atoms with Crippen LogP contribution in [-0.4, -0.2) is 61.4 Å². The first-order valence-corrected chi connectivity index (χ1v) is 13.0. The van der Waals surface area contributed by atoms with Gasteiger partial charge >= 0.3 is 5.97 Å². The Balaban J connectivity index is 0.000000459. The van der Waals surface area contributed by atoms with Gasteiger partial charge in [-0.25, -0.2) is 0 Å². The van der Waals surface area contributed by atoms with Crippen LogP contribution in [0.1, 0.15) is 41.7 Å². The normalized spacial score (nSPS) is 12.2. The number of nitrogens with two attached hydrogens (primary N) is 1. The lowest BCUT2D eigenvalue weighted by Gasteiger charge is -2.20. The van der Waals surface area contributed by atoms with Crippen molar-refractivity contribution in [1.82, 2.24) is 4.57 Å². The zero-order chi connectivity index (χ0) is 28.4. The lowest BCUT2D eigenvalue weighted by molar-refractivity contribution is -0.136. The SMILES string of the molecule is CC(O)c1ccc(-n2cc(CCc3ccccc3)c3cc(CCC(=O)O)ccc32)cc1.NC(CO)(CO)CO. The van der Waals surface area contributed by atoms with E-state index in [1.165, 1.54) is 16.5 Å². The molecule has 0 aliphatic carbocycles. The van der Waals surface area contributed by atoms with E-state index in [0.29, 0.717) is 6.42 Å². The molecule has 0 bridgehead atoms. The summed E-state index contributed by atoms with van der Waals surface area (Å²) in [6, 6.07) is 24.7. The van der Waals surface area contributed by atoms with Gasteiger partial charge < -0.3 is 35.8 Å². The number of benzene rings is 3. The second-order valence-electron chi connectivity index (χ2n) is 9.86. The molecule has 0 amide bonds. The number of rotatable bonds is 11. The van der Waals surface area contributed by atoms with Crippen molar-refractivity contribution in [2.45, 2.75) is 44.2 Å². The van der Waals surface area contributed by atoms with Crippen LogP contribution in [0.3, 0.4) is 0 Å². The second-order valence-corrected chi connectivity index (χ2v) is 9.86. The van der Waals surface area contributed by atoms with Crippen LogP contribution < -0.4 is 5.73 Å². The highest BCUT2D eigenvalue weighted by Gasteiger charge is 2.20. The van der Waals surface area contributed by atoms with E-state index in [4.69, 9.17) is 26.2 Å². The van der Waals surface area contributed by atoms with E-state index in [2.05, 4.69) is 47.2 Å². The molecule has 0 saturated heterocycles. The minimum absolute atomic E-state index is 0.131. The van der Waals surface area contributed by atoms with Crippen LogP contribution in [0.4, 0.5) is 0 Å². The van der Waals surface area contributed by atoms with Gasteiger partial charge in [0.1, 0.15) is 0 Å². The molecular formula is C31H38N2O6. The molecule has 8 heteroatoms. The Kier molecular flexibility index (Phi) is 10.8. The van der Waals surface area contributed by atoms with Crippen LogP contribution in [0, 0.1) is 0 Å². The Morgan fingerprint density at radius 1 is 0.872 bits per heavy atom. The van der Waals surface area contributed by atoms with E-state index in [1.807, 2.05) is 36.4 Å². The summed E-state index contributed by atoms with van der Waals surface area (Å²) >= 11 is 0. The van der Waals surface area contributed by atoms with Crippen molar-refractivity contribution in [3.8, 4) is 5.69 Å². The highest BCUT2D eigenvalue weighted by atomic mass is 16.4. The molecule has 1 heterocycles. The summed E-state index contributed by atoms with van der Waals surface area (Å²) in [4.78, 5) is 11.0. The molecule has 0 radical (unpaired) electrons. The van der Waals surface area contributed by atoms with Crippen molar-refractivity contribution in [2.24, 2.45) is 5.73 Å². The maximum atomic E-state index is 11.0. The van der Waals surface area contributed by atoms with E-state index >= 15 is 0 Å². The average molecular weight is 535 g/mol. The van der Waals surface area contributed by atoms with E-state index in [9.17, 15) is 9.90 Å². The van der Waals surface area contributed by atoms with Crippen molar-refractivity contribution in [3.05, 3.63) is 101 Å². The van der Waals surface area contributed by atoms with Gasteiger partial charge in [0.05, 0.1) is 37.0 Å². The third kappa shape index (κ3) is 8.23. The van der Waals surface area contributed by atoms with Crippen LogP contribution in [0.2, 0.25) is 0 Å². The molecule has 0 aliphatic rings. The number of carboxylic acid groups (broad SMARTS) is 1. The summed E-state index contributed by atoms with van der Waals surface area (Å²) in [5.41, 5.74) is 10.6. The van der Waals surface area contributed by atoms with E-state index in [0.717, 1.165) is 35.2 Å². The monoisotopic (exact) mass is 534 g/mol. The van der Waals surface area contributed by atoms with Gasteiger partial charge in [-0.2, -0.15) is 0 Å². The van der Waals surface area contributed by atoms with Gasteiger partial charge in [-0.05, 0) is 72.7 Å². The second kappa shape index (κ2) is 14.0. The fourth-order valence-corrected chi connectivity index (χ4v) is 4.15. The number of carbonyl (C=O) groups is 1. The summed E-state index contributed by atoms with van der Waals surface area (Å²) in [5, 5.41) is 45.0. The van der Waals surface area contributed by atoms with Gasteiger partial charge in [0.15, 0.2) is 0 Å². The number of aromatic nitrogens is 1. The number of carboxylic acids is 1. The summed E-state index contributed by atoms with van der Waals surface area (Å²) in [6.07, 6.45) is 4.20. The number of hydrogen-bond donors (Lipinski definition) is 6. The molecule has 0 spiro atoms. The topological polar surface area (TPSA) is 149 Å². The Morgan fingerprint density at radius 3 is 2.05 bits per heavy atom. The summed E-state index contributed by atoms with van der Waals surface area (Å²) in [5.74, 6) is -0.778. The molecule has 1 unspecified atom stereocenters. The van der Waals surface area contributed by atoms with E-state index in [-0.39, 0.29) is 6.42 Å². The average Bonchev–Trinajstić information content (AvgIpc) is 3.33. The number of aliphatic hydroxyl groups excluding tert-OH is 4. The molecule has 39 heavy (non-hydrogen) atoms. The zero-order valence-electron chi connectivity index (χ0n) is 22.2. The van der Waals surface area contributed by atoms with Crippen LogP contribution in [0.25, 0.3) is 16.6 Å². The fourth-order valence-electron chi connectivity index (χ4n) is 4.15. The Hall–Kier alpha value is -3.53. The molecule has 4 rings (SSSR count). The van der Waals surface area contributed by atoms with Gasteiger partial charge in [0, 0.05) is 23.7 Å². The zero-order valence-corrected chi connectivity index (χ0v) is 22.2. The largest absolute Gasteiger partial charge is 0.481 e. The number of fused-ring (bicyclic) bond motifs is 1. The van der Waals surface area contributed by atoms with Crippen molar-refractivity contribution in [1.29, 1.82) is 0 Å². The molecule has 0 saturated carbocycles. The number of aliphatic hydroxyl groups is 4. The maximum absolute atomic E-state index is 11.0. The lowest BCUT2D eigenvalue weighted by Crippen LogP contribution is -2.50. The summed E-state index contributed by atoms with van der Waals surface area (Å²) in [7, 11) is 0.